The molecule has 0 aromatic heterocycles. The molecule has 0 spiro atoms. The summed E-state index contributed by atoms with van der Waals surface area (Å²) in [7, 11) is 4.82. The average molecular weight is 294 g/mol. The van der Waals surface area contributed by atoms with Crippen LogP contribution in [0.5, 0.6) is 11.5 Å². The summed E-state index contributed by atoms with van der Waals surface area (Å²) < 4.78 is 15.7. The SMILES string of the molecule is COc1ccc(CC(=O)NC2CNC[C@@H]2OC)cc1OC. The van der Waals surface area contributed by atoms with Gasteiger partial charge in [-0.2, -0.15) is 0 Å². The minimum atomic E-state index is -0.0297. The number of carbonyl (C=O) groups excluding carboxylic acids is 1. The highest BCUT2D eigenvalue weighted by Gasteiger charge is 2.28. The fourth-order valence-corrected chi connectivity index (χ4v) is 2.48. The number of methoxy groups -OCH3 is 3. The maximum Gasteiger partial charge on any atom is 0.224 e. The van der Waals surface area contributed by atoms with E-state index in [0.29, 0.717) is 17.9 Å². The molecule has 0 radical (unpaired) electrons. The van der Waals surface area contributed by atoms with Crippen molar-refractivity contribution in [2.75, 3.05) is 34.4 Å². The summed E-state index contributed by atoms with van der Waals surface area (Å²) in [6, 6.07) is 5.50. The first-order valence-corrected chi connectivity index (χ1v) is 6.91. The molecule has 6 nitrogen and oxygen atoms in total. The topological polar surface area (TPSA) is 68.8 Å². The second kappa shape index (κ2) is 7.28. The molecule has 1 aliphatic heterocycles. The Morgan fingerprint density at radius 2 is 2.00 bits per heavy atom. The molecule has 0 bridgehead atoms. The lowest BCUT2D eigenvalue weighted by molar-refractivity contribution is -0.121. The second-order valence-electron chi connectivity index (χ2n) is 4.97. The van der Waals surface area contributed by atoms with E-state index in [9.17, 15) is 4.79 Å². The van der Waals surface area contributed by atoms with Gasteiger partial charge in [0.2, 0.25) is 5.91 Å². The average Bonchev–Trinajstić information content (AvgIpc) is 2.94. The third-order valence-corrected chi connectivity index (χ3v) is 3.62. The number of hydrogen-bond acceptors (Lipinski definition) is 5. The molecule has 0 saturated carbocycles. The van der Waals surface area contributed by atoms with Crippen molar-refractivity contribution in [1.29, 1.82) is 0 Å². The van der Waals surface area contributed by atoms with Crippen LogP contribution in [0, 0.1) is 0 Å². The van der Waals surface area contributed by atoms with Crippen molar-refractivity contribution >= 4 is 5.91 Å². The van der Waals surface area contributed by atoms with Crippen LogP contribution in [0.1, 0.15) is 5.56 Å². The van der Waals surface area contributed by atoms with Crippen LogP contribution in [0.4, 0.5) is 0 Å². The summed E-state index contributed by atoms with van der Waals surface area (Å²) in [5.41, 5.74) is 0.880. The Labute approximate surface area is 124 Å². The Morgan fingerprint density at radius 3 is 2.67 bits per heavy atom. The van der Waals surface area contributed by atoms with Crippen LogP contribution in [-0.2, 0) is 16.0 Å². The van der Waals surface area contributed by atoms with Crippen molar-refractivity contribution in [3.63, 3.8) is 0 Å². The molecule has 1 aromatic rings. The summed E-state index contributed by atoms with van der Waals surface area (Å²) in [4.78, 5) is 12.1. The van der Waals surface area contributed by atoms with Gasteiger partial charge in [0.05, 0.1) is 32.8 Å². The van der Waals surface area contributed by atoms with Gasteiger partial charge in [-0.3, -0.25) is 4.79 Å². The number of rotatable bonds is 6. The van der Waals surface area contributed by atoms with Gasteiger partial charge in [0.1, 0.15) is 0 Å². The van der Waals surface area contributed by atoms with Crippen LogP contribution < -0.4 is 20.1 Å². The lowest BCUT2D eigenvalue weighted by Gasteiger charge is -2.18. The van der Waals surface area contributed by atoms with E-state index in [2.05, 4.69) is 10.6 Å². The van der Waals surface area contributed by atoms with Crippen LogP contribution in [0.2, 0.25) is 0 Å². The molecule has 2 N–H and O–H groups in total. The molecule has 0 aliphatic carbocycles. The Morgan fingerprint density at radius 1 is 1.24 bits per heavy atom. The maximum atomic E-state index is 12.1. The Balaban J connectivity index is 1.96. The number of amides is 1. The van der Waals surface area contributed by atoms with E-state index < -0.39 is 0 Å². The van der Waals surface area contributed by atoms with Crippen molar-refractivity contribution < 1.29 is 19.0 Å². The van der Waals surface area contributed by atoms with Gasteiger partial charge in [0, 0.05) is 20.2 Å². The molecular formula is C15H22N2O4. The van der Waals surface area contributed by atoms with E-state index in [1.165, 1.54) is 0 Å². The first-order chi connectivity index (χ1) is 10.2. The largest absolute Gasteiger partial charge is 0.493 e. The van der Waals surface area contributed by atoms with Gasteiger partial charge in [-0.25, -0.2) is 0 Å². The van der Waals surface area contributed by atoms with Gasteiger partial charge in [-0.05, 0) is 17.7 Å². The predicted molar refractivity (Wildman–Crippen MR) is 78.8 cm³/mol. The second-order valence-corrected chi connectivity index (χ2v) is 4.97. The van der Waals surface area contributed by atoms with Gasteiger partial charge in [-0.15, -0.1) is 0 Å². The van der Waals surface area contributed by atoms with E-state index in [4.69, 9.17) is 14.2 Å². The summed E-state index contributed by atoms with van der Waals surface area (Å²) in [6.45, 7) is 1.49. The molecule has 1 aliphatic rings. The molecule has 1 saturated heterocycles. The molecule has 1 unspecified atom stereocenters. The monoisotopic (exact) mass is 294 g/mol. The molecular weight excluding hydrogens is 272 g/mol. The molecule has 6 heteroatoms. The third kappa shape index (κ3) is 3.86. The fraction of sp³-hybridized carbons (Fsp3) is 0.533. The summed E-state index contributed by atoms with van der Waals surface area (Å²) >= 11 is 0. The van der Waals surface area contributed by atoms with Crippen LogP contribution in [-0.4, -0.2) is 52.5 Å². The number of carbonyl (C=O) groups is 1. The van der Waals surface area contributed by atoms with Gasteiger partial charge in [0.15, 0.2) is 11.5 Å². The van der Waals surface area contributed by atoms with Crippen LogP contribution in [0.15, 0.2) is 18.2 Å². The Hall–Kier alpha value is -1.79. The number of benzene rings is 1. The van der Waals surface area contributed by atoms with Gasteiger partial charge >= 0.3 is 0 Å². The molecule has 1 amide bonds. The normalized spacial score (nSPS) is 21.1. The van der Waals surface area contributed by atoms with Gasteiger partial charge < -0.3 is 24.8 Å². The van der Waals surface area contributed by atoms with Gasteiger partial charge in [-0.1, -0.05) is 6.07 Å². The van der Waals surface area contributed by atoms with Crippen LogP contribution >= 0.6 is 0 Å². The highest BCUT2D eigenvalue weighted by Crippen LogP contribution is 2.27. The van der Waals surface area contributed by atoms with Gasteiger partial charge in [0.25, 0.3) is 0 Å². The molecule has 1 heterocycles. The first kappa shape index (κ1) is 15.6. The standard InChI is InChI=1S/C15H22N2O4/c1-19-12-5-4-10(6-13(12)20-2)7-15(18)17-11-8-16-9-14(11)21-3/h4-6,11,14,16H,7-9H2,1-3H3,(H,17,18)/t11?,14-/m0/s1. The lowest BCUT2D eigenvalue weighted by Crippen LogP contribution is -2.44. The third-order valence-electron chi connectivity index (χ3n) is 3.62. The molecule has 116 valence electrons. The number of hydrogen-bond donors (Lipinski definition) is 2. The van der Waals surface area contributed by atoms with Crippen LogP contribution in [0.25, 0.3) is 0 Å². The van der Waals surface area contributed by atoms with E-state index in [1.807, 2.05) is 12.1 Å². The molecule has 2 atom stereocenters. The van der Waals surface area contributed by atoms with Crippen molar-refractivity contribution in [3.8, 4) is 11.5 Å². The lowest BCUT2D eigenvalue weighted by atomic mass is 10.1. The maximum absolute atomic E-state index is 12.1. The smallest absolute Gasteiger partial charge is 0.224 e. The predicted octanol–water partition coefficient (Wildman–Crippen LogP) is 0.349. The van der Waals surface area contributed by atoms with Crippen molar-refractivity contribution in [2.24, 2.45) is 0 Å². The zero-order valence-electron chi connectivity index (χ0n) is 12.6. The van der Waals surface area contributed by atoms with E-state index in [1.54, 1.807) is 27.4 Å². The zero-order chi connectivity index (χ0) is 15.2. The van der Waals surface area contributed by atoms with E-state index >= 15 is 0 Å². The first-order valence-electron chi connectivity index (χ1n) is 6.91. The van der Waals surface area contributed by atoms with E-state index in [-0.39, 0.29) is 18.1 Å². The van der Waals surface area contributed by atoms with Crippen molar-refractivity contribution in [2.45, 2.75) is 18.6 Å². The molecule has 2 rings (SSSR count). The quantitative estimate of drug-likeness (QED) is 0.792. The molecule has 1 fully saturated rings. The summed E-state index contributed by atoms with van der Waals surface area (Å²) in [5, 5.41) is 6.20. The number of nitrogens with one attached hydrogen (secondary N) is 2. The Bertz CT molecular complexity index is 493. The van der Waals surface area contributed by atoms with Crippen molar-refractivity contribution in [1.82, 2.24) is 10.6 Å². The summed E-state index contributed by atoms with van der Waals surface area (Å²) in [6.07, 6.45) is 0.326. The van der Waals surface area contributed by atoms with Crippen LogP contribution in [0.3, 0.4) is 0 Å². The highest BCUT2D eigenvalue weighted by atomic mass is 16.5. The fourth-order valence-electron chi connectivity index (χ4n) is 2.48. The summed E-state index contributed by atoms with van der Waals surface area (Å²) in [5.74, 6) is 1.25. The highest BCUT2D eigenvalue weighted by molar-refractivity contribution is 5.79. The number of ether oxygens (including phenoxy) is 3. The minimum Gasteiger partial charge on any atom is -0.493 e. The molecule has 1 aromatic carbocycles. The zero-order valence-corrected chi connectivity index (χ0v) is 12.6. The Kier molecular flexibility index (Phi) is 5.41. The van der Waals surface area contributed by atoms with Crippen molar-refractivity contribution in [3.05, 3.63) is 23.8 Å². The molecule has 21 heavy (non-hydrogen) atoms. The van der Waals surface area contributed by atoms with E-state index in [0.717, 1.165) is 18.7 Å². The minimum absolute atomic E-state index is 0.0163.